The second kappa shape index (κ2) is 13.6. The monoisotopic (exact) mass is 608 g/mol. The molecule has 6 nitrogen and oxygen atoms in total. The molecule has 4 fully saturated rings. The average Bonchev–Trinajstić information content (AvgIpc) is 3.32. The van der Waals surface area contributed by atoms with Gasteiger partial charge in [-0.2, -0.15) is 0 Å². The Morgan fingerprint density at radius 1 is 0.841 bits per heavy atom. The fraction of sp³-hybridized carbons (Fsp3) is 0.789. The van der Waals surface area contributed by atoms with Crippen LogP contribution in [-0.4, -0.2) is 18.0 Å². The van der Waals surface area contributed by atoms with Crippen LogP contribution >= 0.6 is 0 Å². The summed E-state index contributed by atoms with van der Waals surface area (Å²) in [6.07, 6.45) is 15.6. The van der Waals surface area contributed by atoms with Gasteiger partial charge in [-0.05, 0) is 134 Å². The molecule has 0 aliphatic heterocycles. The molecule has 0 saturated heterocycles. The van der Waals surface area contributed by atoms with Crippen molar-refractivity contribution in [3.8, 4) is 0 Å². The molecular weight excluding hydrogens is 548 g/mol. The normalized spacial score (nSPS) is 35.3. The van der Waals surface area contributed by atoms with E-state index in [1.54, 1.807) is 18.2 Å². The maximum atomic E-state index is 12.7. The maximum absolute atomic E-state index is 12.7. The first-order valence-electron chi connectivity index (χ1n) is 17.9. The standard InChI is InChI=1S/C38H60N2O4/c1-24(2)7-6-8-25(3)32-11-12-33-31-10-9-27-21-30(15-17-37(27,4)34(31)16-18-38(32,33)5)44-36(42)14-13-35(41)43-23-26-19-28(39)22-29(40)20-26/h19-20,22,24-25,27,30-34H,6-18,21,23,39-40H2,1-5H3. The van der Waals surface area contributed by atoms with Gasteiger partial charge in [0, 0.05) is 11.4 Å². The first-order chi connectivity index (χ1) is 20.9. The van der Waals surface area contributed by atoms with E-state index in [-0.39, 0.29) is 31.5 Å². The Labute approximate surface area is 266 Å². The highest BCUT2D eigenvalue weighted by Gasteiger charge is 2.60. The third kappa shape index (κ3) is 7.09. The summed E-state index contributed by atoms with van der Waals surface area (Å²) in [5, 5.41) is 0. The highest BCUT2D eigenvalue weighted by atomic mass is 16.5. The minimum Gasteiger partial charge on any atom is -0.462 e. The van der Waals surface area contributed by atoms with E-state index in [1.807, 2.05) is 0 Å². The van der Waals surface area contributed by atoms with Crippen molar-refractivity contribution in [2.75, 3.05) is 11.5 Å². The zero-order chi connectivity index (χ0) is 31.6. The summed E-state index contributed by atoms with van der Waals surface area (Å²) < 4.78 is 11.3. The van der Waals surface area contributed by atoms with E-state index < -0.39 is 5.97 Å². The first-order valence-corrected chi connectivity index (χ1v) is 17.9. The fourth-order valence-corrected chi connectivity index (χ4v) is 10.9. The van der Waals surface area contributed by atoms with E-state index >= 15 is 0 Å². The highest BCUT2D eigenvalue weighted by molar-refractivity contribution is 5.77. The number of nitrogens with two attached hydrogens (primary N) is 2. The van der Waals surface area contributed by atoms with Crippen molar-refractivity contribution in [1.82, 2.24) is 0 Å². The van der Waals surface area contributed by atoms with Crippen molar-refractivity contribution in [2.24, 2.45) is 52.3 Å². The number of carbonyl (C=O) groups excluding carboxylic acids is 2. The molecule has 4 aliphatic carbocycles. The summed E-state index contributed by atoms with van der Waals surface area (Å²) >= 11 is 0. The molecule has 0 amide bonds. The summed E-state index contributed by atoms with van der Waals surface area (Å²) in [5.74, 6) is 5.07. The number of ether oxygens (including phenoxy) is 2. The Kier molecular flexibility index (Phi) is 10.3. The van der Waals surface area contributed by atoms with Crippen LogP contribution < -0.4 is 11.5 Å². The summed E-state index contributed by atoms with van der Waals surface area (Å²) in [5.41, 5.74) is 14.3. The molecule has 9 atom stereocenters. The number of fused-ring (bicyclic) bond motifs is 5. The van der Waals surface area contributed by atoms with E-state index in [4.69, 9.17) is 20.9 Å². The molecule has 0 bridgehead atoms. The van der Waals surface area contributed by atoms with Gasteiger partial charge >= 0.3 is 11.9 Å². The largest absolute Gasteiger partial charge is 0.462 e. The Morgan fingerprint density at radius 2 is 1.52 bits per heavy atom. The third-order valence-electron chi connectivity index (χ3n) is 13.1. The van der Waals surface area contributed by atoms with Crippen LogP contribution in [0.1, 0.15) is 130 Å². The van der Waals surface area contributed by atoms with Crippen molar-refractivity contribution in [1.29, 1.82) is 0 Å². The van der Waals surface area contributed by atoms with Gasteiger partial charge in [0.1, 0.15) is 12.7 Å². The highest BCUT2D eigenvalue weighted by Crippen LogP contribution is 2.68. The van der Waals surface area contributed by atoms with Crippen molar-refractivity contribution in [3.05, 3.63) is 23.8 Å². The summed E-state index contributed by atoms with van der Waals surface area (Å²) in [6, 6.07) is 5.12. The third-order valence-corrected chi connectivity index (χ3v) is 13.1. The van der Waals surface area contributed by atoms with Crippen LogP contribution in [0.25, 0.3) is 0 Å². The van der Waals surface area contributed by atoms with Crippen LogP contribution in [0, 0.1) is 52.3 Å². The van der Waals surface area contributed by atoms with Gasteiger partial charge in [-0.1, -0.05) is 53.9 Å². The number of hydrogen-bond donors (Lipinski definition) is 2. The van der Waals surface area contributed by atoms with Crippen molar-refractivity contribution in [3.63, 3.8) is 0 Å². The summed E-state index contributed by atoms with van der Waals surface area (Å²) in [7, 11) is 0. The Morgan fingerprint density at radius 3 is 2.25 bits per heavy atom. The lowest BCUT2D eigenvalue weighted by atomic mass is 9.44. The molecule has 9 unspecified atom stereocenters. The molecule has 0 aromatic heterocycles. The second-order valence-electron chi connectivity index (χ2n) is 16.2. The number of esters is 2. The average molecular weight is 609 g/mol. The van der Waals surface area contributed by atoms with Crippen LogP contribution in [0.3, 0.4) is 0 Å². The van der Waals surface area contributed by atoms with E-state index in [1.165, 1.54) is 57.8 Å². The predicted molar refractivity (Wildman–Crippen MR) is 177 cm³/mol. The number of hydrogen-bond acceptors (Lipinski definition) is 6. The molecule has 4 aliphatic rings. The van der Waals surface area contributed by atoms with E-state index in [0.29, 0.717) is 28.1 Å². The van der Waals surface area contributed by atoms with Crippen LogP contribution in [0.2, 0.25) is 0 Å². The SMILES string of the molecule is CC(C)CCCC(C)C1CCC2C3CCC4CC(OC(=O)CCC(=O)OCc5cc(N)cc(N)c5)CCC4(C)C3CCC12C. The number of benzene rings is 1. The van der Waals surface area contributed by atoms with Crippen LogP contribution in [0.5, 0.6) is 0 Å². The number of rotatable bonds is 11. The van der Waals surface area contributed by atoms with Crippen LogP contribution in [0.15, 0.2) is 18.2 Å². The molecule has 1 aromatic carbocycles. The smallest absolute Gasteiger partial charge is 0.306 e. The fourth-order valence-electron chi connectivity index (χ4n) is 10.9. The number of nitrogen functional groups attached to an aromatic ring is 2. The molecule has 0 radical (unpaired) electrons. The molecule has 246 valence electrons. The lowest BCUT2D eigenvalue weighted by Crippen LogP contribution is -2.54. The van der Waals surface area contributed by atoms with Crippen molar-refractivity contribution < 1.29 is 19.1 Å². The molecule has 0 heterocycles. The van der Waals surface area contributed by atoms with Crippen LogP contribution in [-0.2, 0) is 25.7 Å². The van der Waals surface area contributed by atoms with E-state index in [9.17, 15) is 9.59 Å². The van der Waals surface area contributed by atoms with Gasteiger partial charge in [0.15, 0.2) is 0 Å². The number of carbonyl (C=O) groups is 2. The van der Waals surface area contributed by atoms with Gasteiger partial charge in [0.25, 0.3) is 0 Å². The predicted octanol–water partition coefficient (Wildman–Crippen LogP) is 8.71. The second-order valence-corrected chi connectivity index (χ2v) is 16.2. The zero-order valence-corrected chi connectivity index (χ0v) is 28.2. The zero-order valence-electron chi connectivity index (χ0n) is 28.2. The quantitative estimate of drug-likeness (QED) is 0.192. The van der Waals surface area contributed by atoms with Crippen LogP contribution in [0.4, 0.5) is 11.4 Å². The molecule has 6 heteroatoms. The lowest BCUT2D eigenvalue weighted by molar-refractivity contribution is -0.164. The minimum atomic E-state index is -0.416. The van der Waals surface area contributed by atoms with Gasteiger partial charge in [0.05, 0.1) is 12.8 Å². The Bertz CT molecular complexity index is 1150. The van der Waals surface area contributed by atoms with Crippen molar-refractivity contribution >= 4 is 23.3 Å². The summed E-state index contributed by atoms with van der Waals surface area (Å²) in [4.78, 5) is 25.0. The Balaban J connectivity index is 1.09. The molecule has 0 spiro atoms. The summed E-state index contributed by atoms with van der Waals surface area (Å²) in [6.45, 7) is 12.6. The van der Waals surface area contributed by atoms with Gasteiger partial charge in [-0.25, -0.2) is 0 Å². The Hall–Kier alpha value is -2.24. The van der Waals surface area contributed by atoms with Crippen molar-refractivity contribution in [2.45, 2.75) is 137 Å². The van der Waals surface area contributed by atoms with E-state index in [2.05, 4.69) is 34.6 Å². The van der Waals surface area contributed by atoms with Gasteiger partial charge in [-0.15, -0.1) is 0 Å². The molecule has 5 rings (SSSR count). The first kappa shape index (κ1) is 33.1. The molecular formula is C38H60N2O4. The molecule has 4 N–H and O–H groups in total. The number of anilines is 2. The van der Waals surface area contributed by atoms with Gasteiger partial charge in [-0.3, -0.25) is 9.59 Å². The van der Waals surface area contributed by atoms with Gasteiger partial charge in [0.2, 0.25) is 0 Å². The molecule has 44 heavy (non-hydrogen) atoms. The molecule has 4 saturated carbocycles. The maximum Gasteiger partial charge on any atom is 0.306 e. The topological polar surface area (TPSA) is 105 Å². The molecule has 1 aromatic rings. The van der Waals surface area contributed by atoms with Gasteiger partial charge < -0.3 is 20.9 Å². The van der Waals surface area contributed by atoms with E-state index in [0.717, 1.165) is 60.3 Å². The minimum absolute atomic E-state index is 0.0196. The lowest BCUT2D eigenvalue weighted by Gasteiger charge is -2.61.